The van der Waals surface area contributed by atoms with Crippen LogP contribution in [0.3, 0.4) is 0 Å². The van der Waals surface area contributed by atoms with Gasteiger partial charge >= 0.3 is 0 Å². The highest BCUT2D eigenvalue weighted by Gasteiger charge is 2.22. The Morgan fingerprint density at radius 1 is 1.27 bits per heavy atom. The molecule has 9 nitrogen and oxygen atoms in total. The minimum absolute atomic E-state index is 0.0282. The fourth-order valence-electron chi connectivity index (χ4n) is 3.75. The number of benzene rings is 2. The molecule has 1 saturated heterocycles. The topological polar surface area (TPSA) is 101 Å². The number of hydrogen-bond donors (Lipinski definition) is 1. The molecule has 1 aliphatic heterocycles. The van der Waals surface area contributed by atoms with Crippen molar-refractivity contribution in [3.63, 3.8) is 0 Å². The Labute approximate surface area is 200 Å². The predicted molar refractivity (Wildman–Crippen MR) is 130 cm³/mol. The fraction of sp³-hybridized carbons (Fsp3) is 0.364. The molecule has 0 bridgehead atoms. The molecule has 3 aromatic rings. The number of fused-ring (bicyclic) bond motifs is 1. The highest BCUT2D eigenvalue weighted by atomic mass is 35.5. The summed E-state index contributed by atoms with van der Waals surface area (Å²) in [6, 6.07) is 9.96. The van der Waals surface area contributed by atoms with Gasteiger partial charge in [-0.3, -0.25) is 19.8 Å². The smallest absolute Gasteiger partial charge is 0.282 e. The third-order valence-electron chi connectivity index (χ3n) is 5.43. The number of amides is 1. The minimum atomic E-state index is -0.580. The van der Waals surface area contributed by atoms with E-state index < -0.39 is 10.8 Å². The van der Waals surface area contributed by atoms with Crippen molar-refractivity contribution in [1.29, 1.82) is 0 Å². The van der Waals surface area contributed by atoms with Crippen LogP contribution < -0.4 is 15.0 Å². The zero-order chi connectivity index (χ0) is 23.4. The van der Waals surface area contributed by atoms with Crippen LogP contribution >= 0.6 is 22.9 Å². The van der Waals surface area contributed by atoms with E-state index in [1.54, 1.807) is 11.3 Å². The molecule has 0 unspecified atom stereocenters. The van der Waals surface area contributed by atoms with E-state index in [2.05, 4.69) is 21.2 Å². The number of anilines is 1. The van der Waals surface area contributed by atoms with Gasteiger partial charge in [0.15, 0.2) is 5.13 Å². The molecule has 1 fully saturated rings. The summed E-state index contributed by atoms with van der Waals surface area (Å²) in [6.45, 7) is 6.94. The fourth-order valence-corrected chi connectivity index (χ4v) is 4.96. The zero-order valence-corrected chi connectivity index (χ0v) is 19.7. The van der Waals surface area contributed by atoms with Crippen LogP contribution in [0.5, 0.6) is 5.75 Å². The highest BCUT2D eigenvalue weighted by Crippen LogP contribution is 2.34. The van der Waals surface area contributed by atoms with Crippen LogP contribution in [0.1, 0.15) is 17.3 Å². The number of aromatic nitrogens is 1. The molecule has 174 valence electrons. The molecule has 4 rings (SSSR count). The summed E-state index contributed by atoms with van der Waals surface area (Å²) in [5.41, 5.74) is 0.619. The first-order chi connectivity index (χ1) is 16.0. The van der Waals surface area contributed by atoms with E-state index in [9.17, 15) is 14.9 Å². The Kier molecular flexibility index (Phi) is 7.26. The maximum Gasteiger partial charge on any atom is 0.282 e. The Morgan fingerprint density at radius 3 is 2.79 bits per heavy atom. The van der Waals surface area contributed by atoms with Crippen LogP contribution in [-0.4, -0.2) is 66.6 Å². The number of carbonyl (C=O) groups is 1. The number of halogens is 1. The predicted octanol–water partition coefficient (Wildman–Crippen LogP) is 3.81. The summed E-state index contributed by atoms with van der Waals surface area (Å²) >= 11 is 7.57. The van der Waals surface area contributed by atoms with Gasteiger partial charge in [0.2, 0.25) is 0 Å². The Bertz CT molecular complexity index is 1160. The second-order valence-electron chi connectivity index (χ2n) is 7.54. The van der Waals surface area contributed by atoms with Crippen molar-refractivity contribution in [2.24, 2.45) is 0 Å². The maximum atomic E-state index is 12.4. The monoisotopic (exact) mass is 489 g/mol. The largest absolute Gasteiger partial charge is 0.492 e. The summed E-state index contributed by atoms with van der Waals surface area (Å²) < 4.78 is 6.81. The van der Waals surface area contributed by atoms with Crippen LogP contribution in [0.15, 0.2) is 36.4 Å². The molecule has 2 heterocycles. The van der Waals surface area contributed by atoms with Gasteiger partial charge < -0.3 is 15.0 Å². The average molecular weight is 490 g/mol. The number of ether oxygens (including phenoxy) is 1. The number of carbonyl (C=O) groups excluding carboxylic acids is 1. The van der Waals surface area contributed by atoms with Crippen LogP contribution in [0, 0.1) is 10.1 Å². The number of thiazole rings is 1. The molecule has 1 aliphatic rings. The average Bonchev–Trinajstić information content (AvgIpc) is 3.25. The van der Waals surface area contributed by atoms with Crippen LogP contribution in [0.25, 0.3) is 10.2 Å². The second-order valence-corrected chi connectivity index (χ2v) is 8.98. The van der Waals surface area contributed by atoms with Crippen LogP contribution in [0.4, 0.5) is 10.8 Å². The van der Waals surface area contributed by atoms with Crippen molar-refractivity contribution in [1.82, 2.24) is 15.2 Å². The number of para-hydroxylation sites is 1. The van der Waals surface area contributed by atoms with E-state index in [4.69, 9.17) is 21.3 Å². The molecular formula is C22H24ClN5O4S. The van der Waals surface area contributed by atoms with Gasteiger partial charge in [0.05, 0.1) is 16.2 Å². The SMILES string of the molecule is CCOc1cccc2sc(N3CCN(CCNC(=O)c4cc(Cl)ccc4[N+](=O)[O-])CC3)nc12. The van der Waals surface area contributed by atoms with Gasteiger partial charge in [-0.15, -0.1) is 0 Å². The van der Waals surface area contributed by atoms with Gasteiger partial charge in [-0.05, 0) is 31.2 Å². The molecule has 1 amide bonds. The number of nitrogens with one attached hydrogen (secondary N) is 1. The number of nitrogens with zero attached hydrogens (tertiary/aromatic N) is 4. The molecule has 0 aliphatic carbocycles. The van der Waals surface area contributed by atoms with Crippen molar-refractivity contribution >= 4 is 49.9 Å². The summed E-state index contributed by atoms with van der Waals surface area (Å²) in [7, 11) is 0. The number of rotatable bonds is 8. The summed E-state index contributed by atoms with van der Waals surface area (Å²) in [5.74, 6) is 0.314. The van der Waals surface area contributed by atoms with Crippen molar-refractivity contribution in [3.05, 3.63) is 57.1 Å². The molecule has 11 heteroatoms. The van der Waals surface area contributed by atoms with Crippen LogP contribution in [0.2, 0.25) is 5.02 Å². The van der Waals surface area contributed by atoms with Crippen molar-refractivity contribution in [2.75, 3.05) is 50.8 Å². The van der Waals surface area contributed by atoms with Gasteiger partial charge in [-0.25, -0.2) is 4.98 Å². The second kappa shape index (κ2) is 10.3. The lowest BCUT2D eigenvalue weighted by Gasteiger charge is -2.34. The third-order valence-corrected chi connectivity index (χ3v) is 6.74. The van der Waals surface area contributed by atoms with Gasteiger partial charge in [0, 0.05) is 50.4 Å². The number of nitro benzene ring substituents is 1. The van der Waals surface area contributed by atoms with E-state index >= 15 is 0 Å². The lowest BCUT2D eigenvalue weighted by Crippen LogP contribution is -2.48. The van der Waals surface area contributed by atoms with Gasteiger partial charge in [-0.2, -0.15) is 0 Å². The number of nitro groups is 1. The molecule has 1 N–H and O–H groups in total. The molecular weight excluding hydrogens is 466 g/mol. The molecule has 2 aromatic carbocycles. The van der Waals surface area contributed by atoms with Crippen molar-refractivity contribution in [3.8, 4) is 5.75 Å². The molecule has 1 aromatic heterocycles. The summed E-state index contributed by atoms with van der Waals surface area (Å²) in [5, 5.41) is 15.2. The normalized spacial score (nSPS) is 14.4. The van der Waals surface area contributed by atoms with E-state index in [1.165, 1.54) is 18.2 Å². The summed E-state index contributed by atoms with van der Waals surface area (Å²) in [6.07, 6.45) is 0. The molecule has 0 spiro atoms. The van der Waals surface area contributed by atoms with Crippen molar-refractivity contribution < 1.29 is 14.5 Å². The zero-order valence-electron chi connectivity index (χ0n) is 18.1. The third kappa shape index (κ3) is 5.35. The van der Waals surface area contributed by atoms with E-state index in [0.29, 0.717) is 19.7 Å². The maximum absolute atomic E-state index is 12.4. The van der Waals surface area contributed by atoms with E-state index in [-0.39, 0.29) is 16.3 Å². The van der Waals surface area contributed by atoms with E-state index in [1.807, 2.05) is 19.1 Å². The van der Waals surface area contributed by atoms with Gasteiger partial charge in [0.1, 0.15) is 16.8 Å². The van der Waals surface area contributed by atoms with Crippen LogP contribution in [-0.2, 0) is 0 Å². The van der Waals surface area contributed by atoms with Gasteiger partial charge in [-0.1, -0.05) is 29.0 Å². The Balaban J connectivity index is 1.29. The van der Waals surface area contributed by atoms with Gasteiger partial charge in [0.25, 0.3) is 11.6 Å². The number of piperazine rings is 1. The van der Waals surface area contributed by atoms with E-state index in [0.717, 1.165) is 47.3 Å². The highest BCUT2D eigenvalue weighted by molar-refractivity contribution is 7.22. The Hall–Kier alpha value is -2.95. The first-order valence-electron chi connectivity index (χ1n) is 10.7. The lowest BCUT2D eigenvalue weighted by atomic mass is 10.1. The first-order valence-corrected chi connectivity index (χ1v) is 11.9. The summed E-state index contributed by atoms with van der Waals surface area (Å²) in [4.78, 5) is 32.4. The minimum Gasteiger partial charge on any atom is -0.492 e. The standard InChI is InChI=1S/C22H24ClN5O4S/c1-2-32-18-4-3-5-19-20(18)25-22(33-19)27-12-10-26(11-13-27)9-8-24-21(29)16-14-15(23)6-7-17(16)28(30)31/h3-7,14H,2,8-13H2,1H3,(H,24,29). The molecule has 0 atom stereocenters. The molecule has 0 saturated carbocycles. The lowest BCUT2D eigenvalue weighted by molar-refractivity contribution is -0.385. The Morgan fingerprint density at radius 2 is 2.06 bits per heavy atom. The first kappa shape index (κ1) is 23.2. The number of hydrogen-bond acceptors (Lipinski definition) is 8. The molecule has 33 heavy (non-hydrogen) atoms. The molecule has 0 radical (unpaired) electrons. The van der Waals surface area contributed by atoms with Crippen molar-refractivity contribution in [2.45, 2.75) is 6.92 Å². The quantitative estimate of drug-likeness (QED) is 0.379.